The lowest BCUT2D eigenvalue weighted by atomic mass is 9.86. The number of aromatic nitrogens is 3. The van der Waals surface area contributed by atoms with Gasteiger partial charge in [-0.1, -0.05) is 11.6 Å². The van der Waals surface area contributed by atoms with Crippen molar-refractivity contribution in [2.75, 3.05) is 0 Å². The van der Waals surface area contributed by atoms with Crippen LogP contribution in [0.5, 0.6) is 0 Å². The molecule has 1 aromatic carbocycles. The monoisotopic (exact) mass is 446 g/mol. The second-order valence-electron chi connectivity index (χ2n) is 7.44. The summed E-state index contributed by atoms with van der Waals surface area (Å²) >= 11 is 9.55. The maximum absolute atomic E-state index is 12.4. The first kappa shape index (κ1) is 17.2. The van der Waals surface area contributed by atoms with E-state index in [9.17, 15) is 9.90 Å². The molecule has 0 spiro atoms. The molecular formula is C19H16BrClN4O2. The third kappa shape index (κ3) is 2.85. The summed E-state index contributed by atoms with van der Waals surface area (Å²) in [5.41, 5.74) is 1.21. The zero-order valence-electron chi connectivity index (χ0n) is 14.1. The van der Waals surface area contributed by atoms with Crippen molar-refractivity contribution in [3.05, 3.63) is 57.4 Å². The Morgan fingerprint density at radius 3 is 2.78 bits per heavy atom. The predicted octanol–water partition coefficient (Wildman–Crippen LogP) is 3.40. The van der Waals surface area contributed by atoms with Crippen molar-refractivity contribution in [1.82, 2.24) is 20.5 Å². The van der Waals surface area contributed by atoms with Crippen LogP contribution in [0.3, 0.4) is 0 Å². The summed E-state index contributed by atoms with van der Waals surface area (Å²) in [7, 11) is 0. The lowest BCUT2D eigenvalue weighted by Crippen LogP contribution is -2.33. The second kappa shape index (κ2) is 6.02. The fourth-order valence-electron chi connectivity index (χ4n) is 4.47. The standard InChI is InChI=1S/C19H16BrClN4O2/c20-10-1-9(6-22-7-10)18(26)24-17-12-4-19(27,5-13(12)17)15-2-11(21)3-16-14(15)8-23-25-16/h1-3,6-8,12-13,17,27H,4-5H2,(H,23,25)(H,24,26)/t12-,13+,17-,19+. The van der Waals surface area contributed by atoms with Crippen LogP contribution < -0.4 is 5.32 Å². The van der Waals surface area contributed by atoms with Crippen molar-refractivity contribution in [3.8, 4) is 0 Å². The molecule has 0 bridgehead atoms. The number of halogens is 2. The van der Waals surface area contributed by atoms with Gasteiger partial charge in [-0.15, -0.1) is 0 Å². The van der Waals surface area contributed by atoms with E-state index < -0.39 is 5.60 Å². The number of nitrogens with one attached hydrogen (secondary N) is 2. The second-order valence-corrected chi connectivity index (χ2v) is 8.80. The number of H-pyrrole nitrogens is 1. The van der Waals surface area contributed by atoms with Crippen molar-refractivity contribution in [2.24, 2.45) is 11.8 Å². The molecule has 0 aliphatic heterocycles. The fourth-order valence-corrected chi connectivity index (χ4v) is 5.05. The lowest BCUT2D eigenvalue weighted by Gasteiger charge is -2.27. The van der Waals surface area contributed by atoms with Gasteiger partial charge in [-0.05, 0) is 64.4 Å². The van der Waals surface area contributed by atoms with Crippen LogP contribution in [-0.4, -0.2) is 32.2 Å². The van der Waals surface area contributed by atoms with E-state index in [0.29, 0.717) is 23.4 Å². The van der Waals surface area contributed by atoms with Crippen LogP contribution in [0.15, 0.2) is 41.3 Å². The number of nitrogens with zero attached hydrogens (tertiary/aromatic N) is 2. The minimum absolute atomic E-state index is 0.0933. The Balaban J connectivity index is 1.33. The molecule has 27 heavy (non-hydrogen) atoms. The van der Waals surface area contributed by atoms with E-state index in [1.165, 1.54) is 0 Å². The van der Waals surface area contributed by atoms with E-state index in [0.717, 1.165) is 20.9 Å². The first-order chi connectivity index (χ1) is 12.9. The van der Waals surface area contributed by atoms with Gasteiger partial charge in [0, 0.05) is 33.3 Å². The lowest BCUT2D eigenvalue weighted by molar-refractivity contribution is 0.0293. The van der Waals surface area contributed by atoms with Gasteiger partial charge in [-0.2, -0.15) is 5.10 Å². The van der Waals surface area contributed by atoms with Gasteiger partial charge in [0.05, 0.1) is 22.9 Å². The Hall–Kier alpha value is -1.96. The number of hydrogen-bond acceptors (Lipinski definition) is 4. The molecule has 5 rings (SSSR count). The molecule has 0 radical (unpaired) electrons. The number of carbonyl (C=O) groups excluding carboxylic acids is 1. The molecule has 2 aliphatic rings. The average Bonchev–Trinajstić information content (AvgIpc) is 3.01. The molecule has 2 heterocycles. The van der Waals surface area contributed by atoms with Crippen molar-refractivity contribution in [1.29, 1.82) is 0 Å². The Morgan fingerprint density at radius 2 is 2.04 bits per heavy atom. The molecular weight excluding hydrogens is 432 g/mol. The number of aromatic amines is 1. The molecule has 2 fully saturated rings. The van der Waals surface area contributed by atoms with Crippen LogP contribution in [0.25, 0.3) is 10.9 Å². The largest absolute Gasteiger partial charge is 0.385 e. The molecule has 2 aliphatic carbocycles. The summed E-state index contributed by atoms with van der Waals surface area (Å²) in [6, 6.07) is 5.47. The highest BCUT2D eigenvalue weighted by Gasteiger charge is 2.62. The molecule has 4 atom stereocenters. The van der Waals surface area contributed by atoms with Crippen LogP contribution in [0, 0.1) is 11.8 Å². The zero-order valence-corrected chi connectivity index (χ0v) is 16.5. The highest BCUT2D eigenvalue weighted by atomic mass is 79.9. The van der Waals surface area contributed by atoms with Gasteiger partial charge >= 0.3 is 0 Å². The van der Waals surface area contributed by atoms with Crippen molar-refractivity contribution < 1.29 is 9.90 Å². The minimum Gasteiger partial charge on any atom is -0.385 e. The number of benzene rings is 1. The minimum atomic E-state index is -0.944. The van der Waals surface area contributed by atoms with Gasteiger partial charge in [0.15, 0.2) is 0 Å². The Labute approximate surface area is 168 Å². The normalized spacial score (nSPS) is 28.9. The van der Waals surface area contributed by atoms with Crippen LogP contribution in [0.4, 0.5) is 0 Å². The van der Waals surface area contributed by atoms with E-state index >= 15 is 0 Å². The third-order valence-corrected chi connectivity index (χ3v) is 6.42. The van der Waals surface area contributed by atoms with E-state index in [2.05, 4.69) is 36.4 Å². The molecule has 3 aromatic rings. The predicted molar refractivity (Wildman–Crippen MR) is 104 cm³/mol. The van der Waals surface area contributed by atoms with Crippen LogP contribution in [-0.2, 0) is 5.60 Å². The maximum atomic E-state index is 12.4. The molecule has 3 N–H and O–H groups in total. The number of fused-ring (bicyclic) bond motifs is 2. The number of aliphatic hydroxyl groups is 1. The first-order valence-corrected chi connectivity index (χ1v) is 9.89. The first-order valence-electron chi connectivity index (χ1n) is 8.71. The Kier molecular flexibility index (Phi) is 3.83. The quantitative estimate of drug-likeness (QED) is 0.574. The number of pyridine rings is 1. The van der Waals surface area contributed by atoms with E-state index in [4.69, 9.17) is 11.6 Å². The molecule has 6 nitrogen and oxygen atoms in total. The van der Waals surface area contributed by atoms with Gasteiger partial charge in [-0.25, -0.2) is 0 Å². The average molecular weight is 448 g/mol. The van der Waals surface area contributed by atoms with E-state index in [-0.39, 0.29) is 23.8 Å². The van der Waals surface area contributed by atoms with Crippen LogP contribution in [0.2, 0.25) is 5.02 Å². The summed E-state index contributed by atoms with van der Waals surface area (Å²) < 4.78 is 0.769. The Morgan fingerprint density at radius 1 is 1.26 bits per heavy atom. The van der Waals surface area contributed by atoms with Crippen LogP contribution in [0.1, 0.15) is 28.8 Å². The summed E-state index contributed by atoms with van der Waals surface area (Å²) in [5, 5.41) is 22.8. The van der Waals surface area contributed by atoms with Crippen molar-refractivity contribution >= 4 is 44.3 Å². The maximum Gasteiger partial charge on any atom is 0.253 e. The van der Waals surface area contributed by atoms with E-state index in [1.54, 1.807) is 24.7 Å². The van der Waals surface area contributed by atoms with Gasteiger partial charge < -0.3 is 10.4 Å². The smallest absolute Gasteiger partial charge is 0.253 e. The van der Waals surface area contributed by atoms with E-state index in [1.807, 2.05) is 12.1 Å². The topological polar surface area (TPSA) is 90.9 Å². The number of rotatable bonds is 3. The van der Waals surface area contributed by atoms with Gasteiger partial charge in [0.1, 0.15) is 0 Å². The van der Waals surface area contributed by atoms with Gasteiger partial charge in [-0.3, -0.25) is 14.9 Å². The van der Waals surface area contributed by atoms with Crippen molar-refractivity contribution in [3.63, 3.8) is 0 Å². The highest BCUT2D eigenvalue weighted by molar-refractivity contribution is 9.10. The summed E-state index contributed by atoms with van der Waals surface area (Å²) in [5.74, 6) is 0.395. The SMILES string of the molecule is O=C(N[C@@H]1[C@@H]2C[C@@](O)(c3cc(Cl)cc4[nH]ncc34)C[C@@H]21)c1cncc(Br)c1. The number of hydrogen-bond donors (Lipinski definition) is 3. The third-order valence-electron chi connectivity index (χ3n) is 5.77. The highest BCUT2D eigenvalue weighted by Crippen LogP contribution is 2.60. The van der Waals surface area contributed by atoms with Crippen molar-refractivity contribution in [2.45, 2.75) is 24.5 Å². The summed E-state index contributed by atoms with van der Waals surface area (Å²) in [6.45, 7) is 0. The van der Waals surface area contributed by atoms with Gasteiger partial charge in [0.2, 0.25) is 0 Å². The molecule has 2 aromatic heterocycles. The molecule has 1 amide bonds. The zero-order chi connectivity index (χ0) is 18.8. The Bertz CT molecular complexity index is 1060. The molecule has 0 saturated heterocycles. The van der Waals surface area contributed by atoms with Gasteiger partial charge in [0.25, 0.3) is 5.91 Å². The summed E-state index contributed by atoms with van der Waals surface area (Å²) in [4.78, 5) is 16.5. The number of amides is 1. The van der Waals surface area contributed by atoms with Crippen LogP contribution >= 0.6 is 27.5 Å². The molecule has 138 valence electrons. The fraction of sp³-hybridized carbons (Fsp3) is 0.316. The summed E-state index contributed by atoms with van der Waals surface area (Å²) in [6.07, 6.45) is 6.11. The molecule has 8 heteroatoms. The molecule has 2 saturated carbocycles. The number of carbonyl (C=O) groups is 1. The molecule has 0 unspecified atom stereocenters.